The molecule has 3 N–H and O–H groups in total. The van der Waals surface area contributed by atoms with Crippen molar-refractivity contribution in [1.82, 2.24) is 10.2 Å². The molecule has 1 unspecified atom stereocenters. The number of hydrogen-bond acceptors (Lipinski definition) is 4. The van der Waals surface area contributed by atoms with Crippen molar-refractivity contribution < 1.29 is 4.79 Å². The van der Waals surface area contributed by atoms with Crippen molar-refractivity contribution in [1.29, 1.82) is 0 Å². The van der Waals surface area contributed by atoms with E-state index in [0.29, 0.717) is 18.2 Å². The summed E-state index contributed by atoms with van der Waals surface area (Å²) < 4.78 is 0. The lowest BCUT2D eigenvalue weighted by Crippen LogP contribution is -2.55. The highest BCUT2D eigenvalue weighted by atomic mass is 35.5. The van der Waals surface area contributed by atoms with E-state index in [1.807, 2.05) is 6.92 Å². The van der Waals surface area contributed by atoms with E-state index in [9.17, 15) is 4.79 Å². The fourth-order valence-electron chi connectivity index (χ4n) is 1.68. The quantitative estimate of drug-likeness (QED) is 0.586. The molecule has 1 atom stereocenters. The molecule has 0 heterocycles. The van der Waals surface area contributed by atoms with Crippen LogP contribution in [0.2, 0.25) is 0 Å². The Bertz CT molecular complexity index is 267. The Morgan fingerprint density at radius 2 is 1.81 bits per heavy atom. The highest BCUT2D eigenvalue weighted by Gasteiger charge is 2.28. The molecule has 0 aliphatic carbocycles. The minimum Gasteiger partial charge on any atom is -0.349 e. The third kappa shape index (κ3) is 10.6. The van der Waals surface area contributed by atoms with Gasteiger partial charge in [0.1, 0.15) is 0 Å². The normalized spacial score (nSPS) is 13.3. The smallest absolute Gasteiger partial charge is 0.230 e. The largest absolute Gasteiger partial charge is 0.349 e. The summed E-state index contributed by atoms with van der Waals surface area (Å²) in [6.45, 7) is 14.2. The minimum atomic E-state index is -0.295. The lowest BCUT2D eigenvalue weighted by Gasteiger charge is -2.33. The molecule has 0 aromatic carbocycles. The van der Waals surface area contributed by atoms with Crippen molar-refractivity contribution in [3.63, 3.8) is 0 Å². The van der Waals surface area contributed by atoms with Crippen LogP contribution < -0.4 is 11.1 Å². The van der Waals surface area contributed by atoms with Gasteiger partial charge in [-0.1, -0.05) is 27.7 Å². The van der Waals surface area contributed by atoms with Crippen molar-refractivity contribution in [2.24, 2.45) is 11.7 Å². The molecule has 0 bridgehead atoms. The van der Waals surface area contributed by atoms with Crippen LogP contribution in [0.4, 0.5) is 0 Å². The van der Waals surface area contributed by atoms with Crippen LogP contribution in [0.1, 0.15) is 34.6 Å². The molecular weight excluding hydrogens is 329 g/mol. The Morgan fingerprint density at radius 1 is 1.29 bits per heavy atom. The molecule has 4 nitrogen and oxygen atoms in total. The first-order valence-electron chi connectivity index (χ1n) is 7.20. The van der Waals surface area contributed by atoms with Gasteiger partial charge in [-0.05, 0) is 25.9 Å². The van der Waals surface area contributed by atoms with E-state index < -0.39 is 0 Å². The van der Waals surface area contributed by atoms with Crippen molar-refractivity contribution in [2.45, 2.75) is 40.2 Å². The second kappa shape index (κ2) is 13.9. The number of carbonyl (C=O) groups excluding carboxylic acids is 1. The summed E-state index contributed by atoms with van der Waals surface area (Å²) in [5.74, 6) is 1.94. The molecule has 0 rings (SSSR count). The zero-order chi connectivity index (χ0) is 14.9. The third-order valence-corrected chi connectivity index (χ3v) is 4.74. The van der Waals surface area contributed by atoms with Gasteiger partial charge in [0.2, 0.25) is 5.91 Å². The summed E-state index contributed by atoms with van der Waals surface area (Å²) >= 11 is 1.69. The van der Waals surface area contributed by atoms with Gasteiger partial charge >= 0.3 is 0 Å². The standard InChI is InChI=1S/C14H31N3OS.2ClH/c1-6-17(7-2)8-9-19-10-13(18)16-14(5,11-15)12(3)4;;/h12H,6-11,15H2,1-5H3,(H,16,18);2*1H. The van der Waals surface area contributed by atoms with Crippen LogP contribution in [0.3, 0.4) is 0 Å². The third-order valence-electron chi connectivity index (χ3n) is 3.80. The highest BCUT2D eigenvalue weighted by Crippen LogP contribution is 2.15. The molecular formula is C14H33Cl2N3OS. The summed E-state index contributed by atoms with van der Waals surface area (Å²) in [5, 5.41) is 3.06. The van der Waals surface area contributed by atoms with E-state index in [1.165, 1.54) is 0 Å². The van der Waals surface area contributed by atoms with Gasteiger partial charge in [-0.2, -0.15) is 11.8 Å². The Morgan fingerprint density at radius 3 is 2.19 bits per heavy atom. The van der Waals surface area contributed by atoms with Gasteiger partial charge in [0.15, 0.2) is 0 Å². The molecule has 0 spiro atoms. The van der Waals surface area contributed by atoms with Crippen LogP contribution in [-0.4, -0.2) is 54.0 Å². The van der Waals surface area contributed by atoms with Gasteiger partial charge < -0.3 is 16.0 Å². The van der Waals surface area contributed by atoms with E-state index in [0.717, 1.165) is 25.4 Å². The van der Waals surface area contributed by atoms with Gasteiger partial charge in [-0.3, -0.25) is 4.79 Å². The summed E-state index contributed by atoms with van der Waals surface area (Å²) in [7, 11) is 0. The number of hydrogen-bond donors (Lipinski definition) is 2. The Kier molecular flexibility index (Phi) is 17.4. The van der Waals surface area contributed by atoms with E-state index in [-0.39, 0.29) is 36.3 Å². The van der Waals surface area contributed by atoms with Gasteiger partial charge in [-0.25, -0.2) is 0 Å². The summed E-state index contributed by atoms with van der Waals surface area (Å²) in [4.78, 5) is 14.3. The Labute approximate surface area is 147 Å². The average molecular weight is 362 g/mol. The average Bonchev–Trinajstić information content (AvgIpc) is 2.38. The second-order valence-corrected chi connectivity index (χ2v) is 6.51. The van der Waals surface area contributed by atoms with Crippen LogP contribution in [-0.2, 0) is 4.79 Å². The van der Waals surface area contributed by atoms with Crippen LogP contribution in [0, 0.1) is 5.92 Å². The van der Waals surface area contributed by atoms with Gasteiger partial charge in [-0.15, -0.1) is 24.8 Å². The maximum absolute atomic E-state index is 11.9. The van der Waals surface area contributed by atoms with Crippen LogP contribution >= 0.6 is 36.6 Å². The molecule has 0 aromatic heterocycles. The van der Waals surface area contributed by atoms with Crippen LogP contribution in [0.25, 0.3) is 0 Å². The second-order valence-electron chi connectivity index (χ2n) is 5.40. The number of nitrogens with zero attached hydrogens (tertiary/aromatic N) is 1. The molecule has 0 aliphatic rings. The SMILES string of the molecule is CCN(CC)CCSCC(=O)NC(C)(CN)C(C)C.Cl.Cl. The van der Waals surface area contributed by atoms with Crippen molar-refractivity contribution in [2.75, 3.05) is 37.7 Å². The molecule has 0 aliphatic heterocycles. The lowest BCUT2D eigenvalue weighted by molar-refractivity contribution is -0.120. The molecule has 0 radical (unpaired) electrons. The number of carbonyl (C=O) groups is 1. The summed E-state index contributed by atoms with van der Waals surface area (Å²) in [6.07, 6.45) is 0. The first-order chi connectivity index (χ1) is 8.89. The summed E-state index contributed by atoms with van der Waals surface area (Å²) in [6, 6.07) is 0. The highest BCUT2D eigenvalue weighted by molar-refractivity contribution is 7.99. The number of rotatable bonds is 10. The molecule has 0 saturated heterocycles. The molecule has 21 heavy (non-hydrogen) atoms. The number of halogens is 2. The monoisotopic (exact) mass is 361 g/mol. The number of amides is 1. The first-order valence-corrected chi connectivity index (χ1v) is 8.36. The van der Waals surface area contributed by atoms with Crippen molar-refractivity contribution in [3.05, 3.63) is 0 Å². The maximum atomic E-state index is 11.9. The van der Waals surface area contributed by atoms with E-state index >= 15 is 0 Å². The van der Waals surface area contributed by atoms with E-state index in [1.54, 1.807) is 11.8 Å². The molecule has 0 saturated carbocycles. The first kappa shape index (κ1) is 26.2. The van der Waals surface area contributed by atoms with Gasteiger partial charge in [0.05, 0.1) is 11.3 Å². The topological polar surface area (TPSA) is 58.4 Å². The number of thioether (sulfide) groups is 1. The van der Waals surface area contributed by atoms with Gasteiger partial charge in [0, 0.05) is 18.8 Å². The van der Waals surface area contributed by atoms with Crippen LogP contribution in [0.5, 0.6) is 0 Å². The van der Waals surface area contributed by atoms with Crippen molar-refractivity contribution in [3.8, 4) is 0 Å². The fraction of sp³-hybridized carbons (Fsp3) is 0.929. The number of nitrogens with two attached hydrogens (primary N) is 1. The minimum absolute atomic E-state index is 0. The predicted molar refractivity (Wildman–Crippen MR) is 100 cm³/mol. The zero-order valence-corrected chi connectivity index (χ0v) is 16.4. The number of nitrogens with one attached hydrogen (secondary N) is 1. The summed E-state index contributed by atoms with van der Waals surface area (Å²) in [5.41, 5.74) is 5.46. The molecule has 1 amide bonds. The maximum Gasteiger partial charge on any atom is 0.230 e. The Hall–Kier alpha value is 0.320. The van der Waals surface area contributed by atoms with Crippen LogP contribution in [0.15, 0.2) is 0 Å². The molecule has 130 valence electrons. The predicted octanol–water partition coefficient (Wildman–Crippen LogP) is 2.39. The fourth-order valence-corrected chi connectivity index (χ4v) is 2.47. The Balaban J connectivity index is -0.00000162. The van der Waals surface area contributed by atoms with E-state index in [4.69, 9.17) is 5.73 Å². The zero-order valence-electron chi connectivity index (χ0n) is 14.0. The molecule has 0 aromatic rings. The lowest BCUT2D eigenvalue weighted by atomic mass is 9.88. The van der Waals surface area contributed by atoms with Crippen molar-refractivity contribution >= 4 is 42.5 Å². The molecule has 7 heteroatoms. The van der Waals surface area contributed by atoms with E-state index in [2.05, 4.69) is 37.9 Å². The van der Waals surface area contributed by atoms with Gasteiger partial charge in [0.25, 0.3) is 0 Å². The molecule has 0 fully saturated rings.